The van der Waals surface area contributed by atoms with Crippen LogP contribution in [-0.2, 0) is 5.54 Å². The molecule has 0 fully saturated rings. The van der Waals surface area contributed by atoms with Crippen LogP contribution < -0.4 is 42.7 Å². The Balaban J connectivity index is 1.16. The molecule has 78 heavy (non-hydrogen) atoms. The quantitative estimate of drug-likeness (QED) is 0.119. The normalized spacial score (nSPS) is 21.0. The van der Waals surface area contributed by atoms with Crippen LogP contribution in [-0.4, -0.2) is 48.8 Å². The first-order valence-corrected chi connectivity index (χ1v) is 27.3. The van der Waals surface area contributed by atoms with Crippen molar-refractivity contribution in [2.45, 2.75) is 67.3 Å². The van der Waals surface area contributed by atoms with Crippen LogP contribution in [0.4, 0.5) is 11.4 Å². The van der Waals surface area contributed by atoms with Gasteiger partial charge in [0, 0.05) is 55.3 Å². The van der Waals surface area contributed by atoms with E-state index in [9.17, 15) is 0 Å². The van der Waals surface area contributed by atoms with Crippen molar-refractivity contribution in [3.63, 3.8) is 0 Å². The number of para-hydroxylation sites is 2. The van der Waals surface area contributed by atoms with Gasteiger partial charge in [-0.1, -0.05) is 168 Å². The van der Waals surface area contributed by atoms with Crippen LogP contribution in [0, 0.1) is 22.7 Å². The smallest absolute Gasteiger partial charge is 0.135 e. The number of nitrogens with zero attached hydrogens (tertiary/aromatic N) is 1. The molecule has 3 N–H and O–H groups in total. The third-order valence-corrected chi connectivity index (χ3v) is 18.6. The van der Waals surface area contributed by atoms with Crippen LogP contribution in [0.5, 0.6) is 11.5 Å². The number of allylic oxidation sites excluding steroid dienone is 5. The van der Waals surface area contributed by atoms with Gasteiger partial charge in [-0.2, -0.15) is 0 Å². The Labute approximate surface area is 463 Å². The van der Waals surface area contributed by atoms with Gasteiger partial charge in [-0.25, -0.2) is 0 Å². The first kappa shape index (κ1) is 48.7. The molecule has 0 spiro atoms. The molecule has 4 unspecified atom stereocenters. The van der Waals surface area contributed by atoms with Gasteiger partial charge in [-0.05, 0) is 111 Å². The van der Waals surface area contributed by atoms with Crippen molar-refractivity contribution in [2.24, 2.45) is 22.7 Å². The SMILES string of the molecule is [B]c1c([B])c([B])c(-c2ccc3c(c2)c2ccc4c5c2n3/C2=C/C(C)(C(C)(C)C)C3=C(CC)C(C)C=C(c6cccc7c6[nH]c6c(cccc6c6ccccc6c6ccccc76)Nc6cccc(c6C5(C)N2)O4)C3C)c([B])c1[B]. The van der Waals surface area contributed by atoms with Gasteiger partial charge in [-0.15, -0.1) is 16.4 Å². The lowest BCUT2D eigenvalue weighted by Crippen LogP contribution is -2.55. The molecule has 0 amide bonds. The topological polar surface area (TPSA) is 54.0 Å². The Morgan fingerprint density at radius 2 is 1.19 bits per heavy atom. The minimum absolute atomic E-state index is 0.0134. The van der Waals surface area contributed by atoms with Gasteiger partial charge in [-0.3, -0.25) is 4.57 Å². The van der Waals surface area contributed by atoms with E-state index in [1.165, 1.54) is 38.4 Å². The molecule has 0 saturated carbocycles. The average Bonchev–Trinajstić information content (AvgIpc) is 3.20. The molecular formula is C68H55B5N4O. The Hall–Kier alpha value is -7.70. The van der Waals surface area contributed by atoms with Crippen LogP contribution in [0.1, 0.15) is 78.5 Å². The molecule has 6 bridgehead atoms. The highest BCUT2D eigenvalue weighted by Gasteiger charge is 2.50. The van der Waals surface area contributed by atoms with Gasteiger partial charge < -0.3 is 20.4 Å². The molecule has 5 heterocycles. The maximum absolute atomic E-state index is 7.17. The molecule has 2 aromatic heterocycles. The summed E-state index contributed by atoms with van der Waals surface area (Å²) in [5.41, 5.74) is 14.3. The summed E-state index contributed by atoms with van der Waals surface area (Å²) in [7, 11) is 32.9. The fourth-order valence-corrected chi connectivity index (χ4v) is 14.4. The first-order valence-electron chi connectivity index (χ1n) is 27.3. The summed E-state index contributed by atoms with van der Waals surface area (Å²) in [5.74, 6) is 2.71. The lowest BCUT2D eigenvalue weighted by atomic mass is 9.56. The fourth-order valence-electron chi connectivity index (χ4n) is 14.4. The highest BCUT2D eigenvalue weighted by molar-refractivity contribution is 6.68. The zero-order chi connectivity index (χ0) is 54.1. The van der Waals surface area contributed by atoms with E-state index in [4.69, 9.17) is 44.0 Å². The number of hydrogen-bond donors (Lipinski definition) is 3. The van der Waals surface area contributed by atoms with Crippen LogP contribution in [0.3, 0.4) is 0 Å². The van der Waals surface area contributed by atoms with Gasteiger partial charge >= 0.3 is 0 Å². The number of H-pyrrole nitrogens is 1. The van der Waals surface area contributed by atoms with E-state index >= 15 is 0 Å². The van der Waals surface area contributed by atoms with Crippen molar-refractivity contribution in [3.05, 3.63) is 173 Å². The summed E-state index contributed by atoms with van der Waals surface area (Å²) in [6.07, 6.45) is 6.04. The average molecular weight is 998 g/mol. The largest absolute Gasteiger partial charge is 0.456 e. The molecule has 368 valence electrons. The maximum Gasteiger partial charge on any atom is 0.135 e. The van der Waals surface area contributed by atoms with Crippen LogP contribution in [0.15, 0.2) is 157 Å². The van der Waals surface area contributed by atoms with Gasteiger partial charge in [0.1, 0.15) is 56.6 Å². The number of anilines is 2. The van der Waals surface area contributed by atoms with Crippen molar-refractivity contribution >= 4 is 154 Å². The zero-order valence-electron chi connectivity index (χ0n) is 45.5. The molecule has 5 nitrogen and oxygen atoms in total. The Bertz CT molecular complexity index is 4500. The molecular weight excluding hydrogens is 943 g/mol. The number of aromatic nitrogens is 2. The number of nitrogens with one attached hydrogen (secondary N) is 3. The molecule has 14 rings (SSSR count). The first-order chi connectivity index (χ1) is 37.4. The van der Waals surface area contributed by atoms with Crippen molar-refractivity contribution in [1.29, 1.82) is 0 Å². The van der Waals surface area contributed by atoms with E-state index in [-0.39, 0.29) is 33.6 Å². The predicted molar refractivity (Wildman–Crippen MR) is 335 cm³/mol. The Kier molecular flexibility index (Phi) is 10.5. The zero-order valence-corrected chi connectivity index (χ0v) is 45.5. The molecule has 4 atom stereocenters. The van der Waals surface area contributed by atoms with Crippen molar-refractivity contribution in [1.82, 2.24) is 14.9 Å². The second-order valence-electron chi connectivity index (χ2n) is 23.6. The second kappa shape index (κ2) is 16.9. The summed E-state index contributed by atoms with van der Waals surface area (Å²) < 4.78 is 9.60. The highest BCUT2D eigenvalue weighted by atomic mass is 16.5. The standard InChI is InChI=1S/C68H55B5N4O/c1-9-37-34(2)31-46-35(3)55(37)67(7,66(4,5)6)33-53-76-68(8)56-48(74-49-25-15-23-43-41-20-13-11-18-39(41)38-17-10-12-19-40(38)42-21-14-22-44(46)63(42)75-64(43)49)24-16-26-51(56)78-52-30-28-45-47-32-36(27-29-50(47)77(53)65(45)57(52)68)54-58(69)60(71)62(73)61(72)59(54)70/h10-35,74-76H,9H2,1-8H3/b53-33+. The van der Waals surface area contributed by atoms with Gasteiger partial charge in [0.25, 0.3) is 0 Å². The molecule has 3 aliphatic heterocycles. The van der Waals surface area contributed by atoms with Gasteiger partial charge in [0.05, 0.1) is 33.3 Å². The monoisotopic (exact) mass is 998 g/mol. The fraction of sp³-hybridized carbons (Fsp3) is 0.206. The van der Waals surface area contributed by atoms with Gasteiger partial charge in [0.15, 0.2) is 0 Å². The number of ether oxygens (including phenoxy) is 1. The Morgan fingerprint density at radius 3 is 1.86 bits per heavy atom. The minimum atomic E-state index is -0.837. The van der Waals surface area contributed by atoms with Crippen molar-refractivity contribution < 1.29 is 4.74 Å². The Morgan fingerprint density at radius 1 is 0.603 bits per heavy atom. The number of benzene rings is 8. The van der Waals surface area contributed by atoms with Crippen LogP contribution in [0.25, 0.3) is 87.7 Å². The number of rotatable bonds is 2. The maximum atomic E-state index is 7.17. The summed E-state index contributed by atoms with van der Waals surface area (Å²) in [6.45, 7) is 19.2. The van der Waals surface area contributed by atoms with Crippen molar-refractivity contribution in [2.75, 3.05) is 5.32 Å². The predicted octanol–water partition coefficient (Wildman–Crippen LogP) is 12.5. The van der Waals surface area contributed by atoms with Crippen LogP contribution >= 0.6 is 0 Å². The molecule has 8 aromatic carbocycles. The lowest BCUT2D eigenvalue weighted by molar-refractivity contribution is 0.197. The summed E-state index contributed by atoms with van der Waals surface area (Å²) in [5, 5.41) is 17.5. The van der Waals surface area contributed by atoms with E-state index in [2.05, 4.69) is 221 Å². The van der Waals surface area contributed by atoms with Crippen molar-refractivity contribution in [3.8, 4) is 22.6 Å². The molecule has 0 saturated heterocycles. The molecule has 1 aliphatic carbocycles. The molecule has 10 heteroatoms. The van der Waals surface area contributed by atoms with Crippen LogP contribution in [0.2, 0.25) is 0 Å². The number of aromatic amines is 1. The third kappa shape index (κ3) is 6.55. The minimum Gasteiger partial charge on any atom is -0.456 e. The van der Waals surface area contributed by atoms with E-state index in [0.717, 1.165) is 101 Å². The summed E-state index contributed by atoms with van der Waals surface area (Å²) >= 11 is 0. The number of hydrogen-bond acceptors (Lipinski definition) is 3. The lowest BCUT2D eigenvalue weighted by Gasteiger charge is -2.50. The van der Waals surface area contributed by atoms with E-state index in [1.807, 2.05) is 0 Å². The third-order valence-electron chi connectivity index (χ3n) is 18.6. The highest BCUT2D eigenvalue weighted by Crippen LogP contribution is 2.60. The second-order valence-corrected chi connectivity index (χ2v) is 23.6. The van der Waals surface area contributed by atoms with E-state index in [0.29, 0.717) is 16.5 Å². The molecule has 10 aromatic rings. The summed E-state index contributed by atoms with van der Waals surface area (Å²) in [4.78, 5) is 4.27. The molecule has 10 radical (unpaired) electrons. The van der Waals surface area contributed by atoms with E-state index < -0.39 is 11.0 Å². The summed E-state index contributed by atoms with van der Waals surface area (Å²) in [6, 6.07) is 48.4. The molecule has 4 aliphatic rings. The van der Waals surface area contributed by atoms with E-state index in [1.54, 1.807) is 0 Å². The van der Waals surface area contributed by atoms with Gasteiger partial charge in [0.2, 0.25) is 0 Å². The number of fused-ring (bicyclic) bond motifs is 13.